The summed E-state index contributed by atoms with van der Waals surface area (Å²) in [5.74, 6) is 1.30. The van der Waals surface area contributed by atoms with E-state index in [0.29, 0.717) is 29.7 Å². The minimum Gasteiger partial charge on any atom is -0.449 e. The lowest BCUT2D eigenvalue weighted by Gasteiger charge is -2.33. The van der Waals surface area contributed by atoms with Gasteiger partial charge in [-0.15, -0.1) is 0 Å². The molecule has 0 aromatic carbocycles. The van der Waals surface area contributed by atoms with Gasteiger partial charge in [0.15, 0.2) is 11.3 Å². The molecule has 33 heavy (non-hydrogen) atoms. The molecule has 7 heteroatoms. The summed E-state index contributed by atoms with van der Waals surface area (Å²) in [6.45, 7) is 4.39. The number of hydrogen-bond donors (Lipinski definition) is 2. The van der Waals surface area contributed by atoms with Gasteiger partial charge in [-0.05, 0) is 80.4 Å². The molecule has 3 amide bonds. The Labute approximate surface area is 193 Å². The number of pyridine rings is 1. The first-order valence-electron chi connectivity index (χ1n) is 12.1. The maximum Gasteiger partial charge on any atom is 0.321 e. The number of aromatic nitrogens is 1. The van der Waals surface area contributed by atoms with E-state index in [4.69, 9.17) is 4.42 Å². The lowest BCUT2D eigenvalue weighted by molar-refractivity contribution is 0.0922. The molecule has 4 aliphatic rings. The molecular formula is C26H30N4O3. The molecule has 2 aromatic rings. The summed E-state index contributed by atoms with van der Waals surface area (Å²) in [6, 6.07) is 3.65. The van der Waals surface area contributed by atoms with Crippen LogP contribution in [0.5, 0.6) is 0 Å². The van der Waals surface area contributed by atoms with Crippen LogP contribution in [0.15, 0.2) is 51.9 Å². The summed E-state index contributed by atoms with van der Waals surface area (Å²) in [5.41, 5.74) is 4.73. The first kappa shape index (κ1) is 20.5. The highest BCUT2D eigenvalue weighted by atomic mass is 16.3. The molecule has 1 spiro atoms. The third-order valence-electron chi connectivity index (χ3n) is 8.30. The van der Waals surface area contributed by atoms with Crippen LogP contribution >= 0.6 is 0 Å². The fraction of sp³-hybridized carbons (Fsp3) is 0.500. The lowest BCUT2D eigenvalue weighted by atomic mass is 9.91. The van der Waals surface area contributed by atoms with Crippen LogP contribution in [0, 0.1) is 17.3 Å². The van der Waals surface area contributed by atoms with E-state index in [9.17, 15) is 9.59 Å². The zero-order valence-electron chi connectivity index (χ0n) is 19.0. The number of fused-ring (bicyclic) bond motifs is 3. The van der Waals surface area contributed by atoms with Gasteiger partial charge in [-0.25, -0.2) is 4.79 Å². The Bertz CT molecular complexity index is 1150. The fourth-order valence-electron chi connectivity index (χ4n) is 6.05. The van der Waals surface area contributed by atoms with E-state index < -0.39 is 0 Å². The molecular weight excluding hydrogens is 416 g/mol. The van der Waals surface area contributed by atoms with E-state index >= 15 is 0 Å². The van der Waals surface area contributed by atoms with Gasteiger partial charge in [-0.1, -0.05) is 11.6 Å². The molecule has 7 nitrogen and oxygen atoms in total. The van der Waals surface area contributed by atoms with Crippen LogP contribution in [-0.2, 0) is 0 Å². The molecule has 2 atom stereocenters. The molecule has 1 saturated carbocycles. The summed E-state index contributed by atoms with van der Waals surface area (Å²) in [4.78, 5) is 31.4. The first-order valence-corrected chi connectivity index (χ1v) is 12.1. The maximum atomic E-state index is 12.9. The average Bonchev–Trinajstić information content (AvgIpc) is 3.17. The predicted molar refractivity (Wildman–Crippen MR) is 124 cm³/mol. The van der Waals surface area contributed by atoms with Crippen molar-refractivity contribution in [2.24, 2.45) is 17.3 Å². The van der Waals surface area contributed by atoms with Crippen molar-refractivity contribution < 1.29 is 14.0 Å². The van der Waals surface area contributed by atoms with Gasteiger partial charge in [0.2, 0.25) is 0 Å². The molecule has 1 aliphatic heterocycles. The minimum absolute atomic E-state index is 0.0533. The molecule has 1 saturated heterocycles. The predicted octanol–water partition coefficient (Wildman–Crippen LogP) is 4.38. The van der Waals surface area contributed by atoms with Gasteiger partial charge in [0.05, 0.1) is 6.20 Å². The number of furan rings is 1. The maximum absolute atomic E-state index is 12.9. The van der Waals surface area contributed by atoms with E-state index in [1.54, 1.807) is 18.5 Å². The number of amides is 3. The van der Waals surface area contributed by atoms with Crippen molar-refractivity contribution in [1.82, 2.24) is 20.5 Å². The third kappa shape index (κ3) is 3.73. The second kappa shape index (κ2) is 7.75. The Morgan fingerprint density at radius 3 is 2.94 bits per heavy atom. The smallest absolute Gasteiger partial charge is 0.321 e. The van der Waals surface area contributed by atoms with Gasteiger partial charge in [0, 0.05) is 36.9 Å². The van der Waals surface area contributed by atoms with Gasteiger partial charge < -0.3 is 20.0 Å². The Kier molecular flexibility index (Phi) is 4.82. The van der Waals surface area contributed by atoms with Crippen LogP contribution in [0.3, 0.4) is 0 Å². The number of likely N-dealkylation sites (tertiary alicyclic amines) is 1. The van der Waals surface area contributed by atoms with E-state index in [1.165, 1.54) is 11.1 Å². The van der Waals surface area contributed by atoms with Crippen LogP contribution in [-0.4, -0.2) is 41.5 Å². The molecule has 0 radical (unpaired) electrons. The Morgan fingerprint density at radius 1 is 1.27 bits per heavy atom. The number of carbonyl (C=O) groups excluding carboxylic acids is 2. The second-order valence-electron chi connectivity index (χ2n) is 10.3. The van der Waals surface area contributed by atoms with Crippen molar-refractivity contribution in [1.29, 1.82) is 0 Å². The largest absolute Gasteiger partial charge is 0.449 e. The number of carbonyl (C=O) groups is 2. The molecule has 2 N–H and O–H groups in total. The number of urea groups is 1. The Morgan fingerprint density at radius 2 is 2.12 bits per heavy atom. The van der Waals surface area contributed by atoms with Gasteiger partial charge >= 0.3 is 6.03 Å². The summed E-state index contributed by atoms with van der Waals surface area (Å²) >= 11 is 0. The van der Waals surface area contributed by atoms with Crippen LogP contribution in [0.25, 0.3) is 11.0 Å². The fourth-order valence-corrected chi connectivity index (χ4v) is 6.05. The summed E-state index contributed by atoms with van der Waals surface area (Å²) < 4.78 is 5.61. The quantitative estimate of drug-likeness (QED) is 0.730. The van der Waals surface area contributed by atoms with Crippen molar-refractivity contribution in [3.8, 4) is 0 Å². The summed E-state index contributed by atoms with van der Waals surface area (Å²) in [7, 11) is 0. The van der Waals surface area contributed by atoms with Crippen molar-refractivity contribution in [2.45, 2.75) is 45.4 Å². The van der Waals surface area contributed by atoms with Gasteiger partial charge in [-0.3, -0.25) is 9.78 Å². The topological polar surface area (TPSA) is 87.5 Å². The summed E-state index contributed by atoms with van der Waals surface area (Å²) in [6.07, 6.45) is 12.0. The molecule has 2 unspecified atom stereocenters. The zero-order chi connectivity index (χ0) is 22.6. The highest BCUT2D eigenvalue weighted by Crippen LogP contribution is 2.59. The highest BCUT2D eigenvalue weighted by molar-refractivity contribution is 5.95. The SMILES string of the molecule is CC1=CCC2CC(NC(=O)N3CCC4(CC3)CC4CNC(=O)c3cc4ccncc4o3)=C1C2. The van der Waals surface area contributed by atoms with Gasteiger partial charge in [0.25, 0.3) is 5.91 Å². The molecule has 2 aromatic heterocycles. The van der Waals surface area contributed by atoms with E-state index in [1.807, 2.05) is 11.0 Å². The van der Waals surface area contributed by atoms with Crippen molar-refractivity contribution in [3.05, 3.63) is 53.2 Å². The van der Waals surface area contributed by atoms with Gasteiger partial charge in [-0.2, -0.15) is 0 Å². The molecule has 3 aliphatic carbocycles. The highest BCUT2D eigenvalue weighted by Gasteiger charge is 2.54. The van der Waals surface area contributed by atoms with Gasteiger partial charge in [0.1, 0.15) is 0 Å². The van der Waals surface area contributed by atoms with Crippen LogP contribution in [0.4, 0.5) is 4.79 Å². The van der Waals surface area contributed by atoms with Crippen molar-refractivity contribution in [2.75, 3.05) is 19.6 Å². The average molecular weight is 447 g/mol. The van der Waals surface area contributed by atoms with Crippen LogP contribution < -0.4 is 10.6 Å². The number of piperidine rings is 1. The van der Waals surface area contributed by atoms with Crippen LogP contribution in [0.1, 0.15) is 56.0 Å². The molecule has 6 rings (SSSR count). The van der Waals surface area contributed by atoms with E-state index in [2.05, 4.69) is 28.6 Å². The van der Waals surface area contributed by atoms with E-state index in [0.717, 1.165) is 62.7 Å². The van der Waals surface area contributed by atoms with Crippen molar-refractivity contribution in [3.63, 3.8) is 0 Å². The second-order valence-corrected chi connectivity index (χ2v) is 10.3. The monoisotopic (exact) mass is 446 g/mol. The standard InChI is InChI=1S/C26H30N4O3/c1-16-2-3-17-10-20(16)21(11-17)29-25(32)30-8-5-26(6-9-30)13-19(26)14-28-24(31)22-12-18-4-7-27-15-23(18)33-22/h2,4,7,12,15,17,19H,3,5-6,8-11,13-14H2,1H3,(H,28,31)(H,29,32). The molecule has 3 heterocycles. The Hall–Kier alpha value is -3.09. The number of rotatable bonds is 4. The first-order chi connectivity index (χ1) is 16.0. The van der Waals surface area contributed by atoms with E-state index in [-0.39, 0.29) is 17.4 Å². The number of nitrogens with zero attached hydrogens (tertiary/aromatic N) is 2. The number of allylic oxidation sites excluding steroid dienone is 4. The Balaban J connectivity index is 0.993. The summed E-state index contributed by atoms with van der Waals surface area (Å²) in [5, 5.41) is 7.16. The molecule has 172 valence electrons. The lowest BCUT2D eigenvalue weighted by Crippen LogP contribution is -2.45. The third-order valence-corrected chi connectivity index (χ3v) is 8.30. The minimum atomic E-state index is -0.175. The number of hydrogen-bond acceptors (Lipinski definition) is 4. The molecule has 2 bridgehead atoms. The zero-order valence-corrected chi connectivity index (χ0v) is 19.0. The van der Waals surface area contributed by atoms with Crippen molar-refractivity contribution >= 4 is 22.9 Å². The van der Waals surface area contributed by atoms with Crippen LogP contribution in [0.2, 0.25) is 0 Å². The normalized spacial score (nSPS) is 25.4. The number of nitrogens with one attached hydrogen (secondary N) is 2. The molecule has 2 fully saturated rings.